The number of nitro groups is 1. The number of ether oxygens (including phenoxy) is 1. The SMILES string of the molecule is C=C/C=C(/OC)c1c(/C=C/[N+](=O)[O-])ccn1C. The maximum absolute atomic E-state index is 10.3. The van der Waals surface area contributed by atoms with Crippen molar-refractivity contribution in [3.63, 3.8) is 0 Å². The first-order valence-corrected chi connectivity index (χ1v) is 4.94. The van der Waals surface area contributed by atoms with E-state index in [2.05, 4.69) is 6.58 Å². The molecule has 0 unspecified atom stereocenters. The van der Waals surface area contributed by atoms with Crippen molar-refractivity contribution in [1.82, 2.24) is 4.57 Å². The molecule has 0 bridgehead atoms. The van der Waals surface area contributed by atoms with Crippen LogP contribution in [0.25, 0.3) is 11.8 Å². The Morgan fingerprint density at radius 1 is 1.65 bits per heavy atom. The maximum Gasteiger partial charge on any atom is 0.235 e. The van der Waals surface area contributed by atoms with Gasteiger partial charge in [-0.2, -0.15) is 0 Å². The summed E-state index contributed by atoms with van der Waals surface area (Å²) in [7, 11) is 3.39. The van der Waals surface area contributed by atoms with Gasteiger partial charge in [0.15, 0.2) is 0 Å². The van der Waals surface area contributed by atoms with Crippen LogP contribution in [0.15, 0.2) is 37.2 Å². The first-order chi connectivity index (χ1) is 8.10. The molecular weight excluding hydrogens is 220 g/mol. The molecule has 1 aromatic rings. The summed E-state index contributed by atoms with van der Waals surface area (Å²) < 4.78 is 7.06. The summed E-state index contributed by atoms with van der Waals surface area (Å²) in [5.74, 6) is 0.607. The van der Waals surface area contributed by atoms with Crippen molar-refractivity contribution in [3.05, 3.63) is 58.6 Å². The van der Waals surface area contributed by atoms with Crippen LogP contribution in [0.4, 0.5) is 0 Å². The largest absolute Gasteiger partial charge is 0.495 e. The third kappa shape index (κ3) is 3.07. The average Bonchev–Trinajstić information content (AvgIpc) is 2.65. The third-order valence-corrected chi connectivity index (χ3v) is 2.20. The van der Waals surface area contributed by atoms with E-state index in [-0.39, 0.29) is 0 Å². The number of hydrogen-bond donors (Lipinski definition) is 0. The van der Waals surface area contributed by atoms with Gasteiger partial charge in [0.1, 0.15) is 5.76 Å². The fraction of sp³-hybridized carbons (Fsp3) is 0.167. The summed E-state index contributed by atoms with van der Waals surface area (Å²) in [6.07, 6.45) is 7.46. The molecule has 17 heavy (non-hydrogen) atoms. The highest BCUT2D eigenvalue weighted by molar-refractivity contribution is 5.69. The van der Waals surface area contributed by atoms with E-state index in [1.54, 1.807) is 25.3 Å². The topological polar surface area (TPSA) is 57.3 Å². The number of aromatic nitrogens is 1. The van der Waals surface area contributed by atoms with Crippen LogP contribution in [-0.4, -0.2) is 16.6 Å². The Morgan fingerprint density at radius 3 is 2.88 bits per heavy atom. The lowest BCUT2D eigenvalue weighted by Gasteiger charge is -2.08. The minimum absolute atomic E-state index is 0.500. The molecule has 0 fully saturated rings. The van der Waals surface area contributed by atoms with Crippen LogP contribution in [0.3, 0.4) is 0 Å². The van der Waals surface area contributed by atoms with Gasteiger partial charge in [-0.3, -0.25) is 10.1 Å². The lowest BCUT2D eigenvalue weighted by atomic mass is 10.2. The molecule has 0 saturated carbocycles. The van der Waals surface area contributed by atoms with E-state index >= 15 is 0 Å². The molecule has 90 valence electrons. The Bertz CT molecular complexity index is 484. The highest BCUT2D eigenvalue weighted by Crippen LogP contribution is 2.22. The first-order valence-electron chi connectivity index (χ1n) is 4.94. The number of methoxy groups -OCH3 is 1. The van der Waals surface area contributed by atoms with Gasteiger partial charge in [0.25, 0.3) is 0 Å². The molecule has 5 nitrogen and oxygen atoms in total. The molecule has 0 atom stereocenters. The van der Waals surface area contributed by atoms with Gasteiger partial charge in [-0.1, -0.05) is 12.7 Å². The van der Waals surface area contributed by atoms with Crippen LogP contribution in [0.2, 0.25) is 0 Å². The highest BCUT2D eigenvalue weighted by Gasteiger charge is 2.10. The number of aryl methyl sites for hydroxylation is 1. The lowest BCUT2D eigenvalue weighted by Crippen LogP contribution is -1.98. The molecule has 0 saturated heterocycles. The summed E-state index contributed by atoms with van der Waals surface area (Å²) in [4.78, 5) is 9.81. The fourth-order valence-corrected chi connectivity index (χ4v) is 1.49. The van der Waals surface area contributed by atoms with E-state index in [0.717, 1.165) is 17.5 Å². The molecule has 0 aliphatic heterocycles. The van der Waals surface area contributed by atoms with Crippen LogP contribution in [0.1, 0.15) is 11.3 Å². The minimum Gasteiger partial charge on any atom is -0.495 e. The quantitative estimate of drug-likeness (QED) is 0.340. The summed E-state index contributed by atoms with van der Waals surface area (Å²) in [5, 5.41) is 10.3. The van der Waals surface area contributed by atoms with Crippen LogP contribution in [0, 0.1) is 10.1 Å². The van der Waals surface area contributed by atoms with E-state index in [1.165, 1.54) is 6.08 Å². The fourth-order valence-electron chi connectivity index (χ4n) is 1.49. The Morgan fingerprint density at radius 2 is 2.35 bits per heavy atom. The van der Waals surface area contributed by atoms with Gasteiger partial charge in [-0.05, 0) is 12.1 Å². The van der Waals surface area contributed by atoms with E-state index in [4.69, 9.17) is 4.74 Å². The summed E-state index contributed by atoms with van der Waals surface area (Å²) in [5.41, 5.74) is 1.49. The lowest BCUT2D eigenvalue weighted by molar-refractivity contribution is -0.400. The molecule has 0 aliphatic carbocycles. The van der Waals surface area contributed by atoms with Crippen molar-refractivity contribution in [2.75, 3.05) is 7.11 Å². The second-order valence-corrected chi connectivity index (χ2v) is 3.30. The Hall–Kier alpha value is -2.30. The normalized spacial score (nSPS) is 11.8. The van der Waals surface area contributed by atoms with E-state index in [1.807, 2.05) is 17.8 Å². The number of rotatable bonds is 5. The van der Waals surface area contributed by atoms with Gasteiger partial charge < -0.3 is 9.30 Å². The predicted molar refractivity (Wildman–Crippen MR) is 66.6 cm³/mol. The van der Waals surface area contributed by atoms with Gasteiger partial charge in [0, 0.05) is 24.9 Å². The molecule has 0 radical (unpaired) electrons. The minimum atomic E-state index is -0.500. The number of nitrogens with zero attached hydrogens (tertiary/aromatic N) is 2. The number of allylic oxidation sites excluding steroid dienone is 2. The Balaban J connectivity index is 3.22. The molecule has 1 heterocycles. The van der Waals surface area contributed by atoms with Gasteiger partial charge >= 0.3 is 0 Å². The van der Waals surface area contributed by atoms with Crippen LogP contribution < -0.4 is 0 Å². The first kappa shape index (κ1) is 12.8. The summed E-state index contributed by atoms with van der Waals surface area (Å²) >= 11 is 0. The van der Waals surface area contributed by atoms with E-state index < -0.39 is 4.92 Å². The van der Waals surface area contributed by atoms with Crippen molar-refractivity contribution >= 4 is 11.8 Å². The zero-order valence-electron chi connectivity index (χ0n) is 9.79. The molecule has 0 aliphatic rings. The molecule has 0 amide bonds. The van der Waals surface area contributed by atoms with Gasteiger partial charge in [-0.15, -0.1) is 0 Å². The van der Waals surface area contributed by atoms with Crippen molar-refractivity contribution in [1.29, 1.82) is 0 Å². The predicted octanol–water partition coefficient (Wildman–Crippen LogP) is 2.45. The average molecular weight is 234 g/mol. The van der Waals surface area contributed by atoms with Crippen molar-refractivity contribution in [3.8, 4) is 0 Å². The van der Waals surface area contributed by atoms with Crippen molar-refractivity contribution in [2.45, 2.75) is 0 Å². The summed E-state index contributed by atoms with van der Waals surface area (Å²) in [6.45, 7) is 3.60. The molecule has 0 N–H and O–H groups in total. The zero-order valence-corrected chi connectivity index (χ0v) is 9.79. The second kappa shape index (κ2) is 5.69. The van der Waals surface area contributed by atoms with Crippen LogP contribution in [0.5, 0.6) is 0 Å². The van der Waals surface area contributed by atoms with Crippen LogP contribution in [-0.2, 0) is 11.8 Å². The zero-order chi connectivity index (χ0) is 12.8. The summed E-state index contributed by atoms with van der Waals surface area (Å²) in [6, 6.07) is 1.78. The Kier molecular flexibility index (Phi) is 4.28. The number of hydrogen-bond acceptors (Lipinski definition) is 3. The van der Waals surface area contributed by atoms with Gasteiger partial charge in [0.2, 0.25) is 6.20 Å². The second-order valence-electron chi connectivity index (χ2n) is 3.30. The molecular formula is C12H14N2O3. The molecule has 1 rings (SSSR count). The van der Waals surface area contributed by atoms with E-state index in [0.29, 0.717) is 5.76 Å². The van der Waals surface area contributed by atoms with E-state index in [9.17, 15) is 10.1 Å². The molecule has 0 spiro atoms. The molecule has 1 aromatic heterocycles. The smallest absolute Gasteiger partial charge is 0.235 e. The standard InChI is InChI=1S/C12H14N2O3/c1-4-5-11(17-3)12-10(6-8-13(12)2)7-9-14(15)16/h4-9H,1H2,2-3H3/b9-7+,11-5+. The molecule has 0 aromatic carbocycles. The van der Waals surface area contributed by atoms with Crippen molar-refractivity contribution < 1.29 is 9.66 Å². The van der Waals surface area contributed by atoms with Crippen LogP contribution >= 0.6 is 0 Å². The highest BCUT2D eigenvalue weighted by atomic mass is 16.6. The Labute approximate surface area is 99.5 Å². The van der Waals surface area contributed by atoms with Gasteiger partial charge in [-0.25, -0.2) is 0 Å². The third-order valence-electron chi connectivity index (χ3n) is 2.20. The molecule has 5 heteroatoms. The monoisotopic (exact) mass is 234 g/mol. The van der Waals surface area contributed by atoms with Gasteiger partial charge in [0.05, 0.1) is 17.7 Å². The van der Waals surface area contributed by atoms with Crippen molar-refractivity contribution in [2.24, 2.45) is 7.05 Å². The maximum atomic E-state index is 10.3.